The Hall–Kier alpha value is -1.55. The van der Waals surface area contributed by atoms with Crippen LogP contribution in [0.2, 0.25) is 5.02 Å². The highest BCUT2D eigenvalue weighted by molar-refractivity contribution is 6.30. The van der Waals surface area contributed by atoms with Gasteiger partial charge in [-0.25, -0.2) is 0 Å². The molecule has 1 saturated heterocycles. The summed E-state index contributed by atoms with van der Waals surface area (Å²) in [5.74, 6) is -1.11. The van der Waals surface area contributed by atoms with Gasteiger partial charge in [0, 0.05) is 18.1 Å². The van der Waals surface area contributed by atoms with Gasteiger partial charge in [-0.3, -0.25) is 9.59 Å². The van der Waals surface area contributed by atoms with Crippen molar-refractivity contribution in [2.45, 2.75) is 31.6 Å². The molecule has 22 heavy (non-hydrogen) atoms. The number of carbonyl (C=O) groups is 2. The third-order valence-electron chi connectivity index (χ3n) is 5.06. The molecule has 1 N–H and O–H groups in total. The normalized spacial score (nSPS) is 25.6. The van der Waals surface area contributed by atoms with Crippen molar-refractivity contribution in [1.29, 1.82) is 0 Å². The molecule has 118 valence electrons. The first kappa shape index (κ1) is 15.3. The Bertz CT molecular complexity index is 564. The number of amides is 1. The van der Waals surface area contributed by atoms with Gasteiger partial charge in [0.15, 0.2) is 0 Å². The van der Waals surface area contributed by atoms with Crippen LogP contribution in [0, 0.1) is 11.8 Å². The van der Waals surface area contributed by atoms with Crippen molar-refractivity contribution >= 4 is 23.5 Å². The third kappa shape index (κ3) is 2.98. The van der Waals surface area contributed by atoms with Crippen molar-refractivity contribution < 1.29 is 14.7 Å². The van der Waals surface area contributed by atoms with Gasteiger partial charge in [0.25, 0.3) is 0 Å². The monoisotopic (exact) mass is 321 g/mol. The molecule has 2 aliphatic rings. The maximum absolute atomic E-state index is 12.4. The number of carbonyl (C=O) groups excluding carboxylic acids is 1. The van der Waals surface area contributed by atoms with E-state index in [0.29, 0.717) is 18.8 Å². The Morgan fingerprint density at radius 3 is 2.09 bits per heavy atom. The first-order valence-electron chi connectivity index (χ1n) is 7.83. The lowest BCUT2D eigenvalue weighted by molar-refractivity contribution is -0.157. The van der Waals surface area contributed by atoms with Crippen molar-refractivity contribution in [1.82, 2.24) is 4.90 Å². The summed E-state index contributed by atoms with van der Waals surface area (Å²) in [6.07, 6.45) is 3.20. The van der Waals surface area contributed by atoms with Crippen LogP contribution in [-0.4, -0.2) is 35.0 Å². The van der Waals surface area contributed by atoms with Crippen molar-refractivity contribution in [2.24, 2.45) is 11.8 Å². The standard InChI is InChI=1S/C17H20ClNO3/c18-13-3-1-11(2-4-13)12-7-9-19(10-8-12)16(20)14-5-6-15(14)17(21)22/h1-4,12,14-15H,5-10H2,(H,21,22). The molecule has 1 aliphatic carbocycles. The molecule has 2 unspecified atom stereocenters. The summed E-state index contributed by atoms with van der Waals surface area (Å²) in [5, 5.41) is 9.82. The predicted octanol–water partition coefficient (Wildman–Crippen LogP) is 3.16. The summed E-state index contributed by atoms with van der Waals surface area (Å²) in [6, 6.07) is 7.91. The number of carboxylic acids is 1. The summed E-state index contributed by atoms with van der Waals surface area (Å²) in [5.41, 5.74) is 1.27. The van der Waals surface area contributed by atoms with Gasteiger partial charge < -0.3 is 10.0 Å². The van der Waals surface area contributed by atoms with Crippen LogP contribution < -0.4 is 0 Å². The minimum Gasteiger partial charge on any atom is -0.481 e. The SMILES string of the molecule is O=C(O)C1CCC1C(=O)N1CCC(c2ccc(Cl)cc2)CC1. The predicted molar refractivity (Wildman–Crippen MR) is 83.9 cm³/mol. The van der Waals surface area contributed by atoms with Gasteiger partial charge in [0.05, 0.1) is 11.8 Å². The van der Waals surface area contributed by atoms with E-state index in [-0.39, 0.29) is 11.8 Å². The summed E-state index contributed by atoms with van der Waals surface area (Å²) in [4.78, 5) is 25.3. The Labute approximate surface area is 135 Å². The van der Waals surface area contributed by atoms with E-state index >= 15 is 0 Å². The number of carboxylic acid groups (broad SMARTS) is 1. The van der Waals surface area contributed by atoms with Crippen LogP contribution in [-0.2, 0) is 9.59 Å². The molecule has 5 heteroatoms. The highest BCUT2D eigenvalue weighted by atomic mass is 35.5. The summed E-state index contributed by atoms with van der Waals surface area (Å²) in [7, 11) is 0. The highest BCUT2D eigenvalue weighted by Crippen LogP contribution is 2.37. The summed E-state index contributed by atoms with van der Waals surface area (Å²) >= 11 is 5.91. The van der Waals surface area contributed by atoms with Gasteiger partial charge in [0.2, 0.25) is 5.91 Å². The number of likely N-dealkylation sites (tertiary alicyclic amines) is 1. The van der Waals surface area contributed by atoms with Crippen molar-refractivity contribution in [3.63, 3.8) is 0 Å². The fraction of sp³-hybridized carbons (Fsp3) is 0.529. The molecule has 0 spiro atoms. The molecule has 1 saturated carbocycles. The van der Waals surface area contributed by atoms with Gasteiger partial charge in [0.1, 0.15) is 0 Å². The van der Waals surface area contributed by atoms with Gasteiger partial charge in [-0.15, -0.1) is 0 Å². The average molecular weight is 322 g/mol. The van der Waals surface area contributed by atoms with E-state index in [9.17, 15) is 9.59 Å². The molecule has 4 nitrogen and oxygen atoms in total. The smallest absolute Gasteiger partial charge is 0.307 e. The van der Waals surface area contributed by atoms with Crippen LogP contribution in [0.1, 0.15) is 37.2 Å². The van der Waals surface area contributed by atoms with E-state index in [2.05, 4.69) is 12.1 Å². The number of rotatable bonds is 3. The quantitative estimate of drug-likeness (QED) is 0.930. The second kappa shape index (κ2) is 6.29. The molecule has 0 radical (unpaired) electrons. The number of hydrogen-bond acceptors (Lipinski definition) is 2. The van der Waals surface area contributed by atoms with E-state index in [1.54, 1.807) is 0 Å². The number of nitrogens with zero attached hydrogens (tertiary/aromatic N) is 1. The maximum atomic E-state index is 12.4. The fourth-order valence-electron chi connectivity index (χ4n) is 3.49. The van der Waals surface area contributed by atoms with Crippen molar-refractivity contribution in [3.8, 4) is 0 Å². The van der Waals surface area contributed by atoms with Crippen LogP contribution in [0.3, 0.4) is 0 Å². The number of piperidine rings is 1. The van der Waals surface area contributed by atoms with Gasteiger partial charge in [-0.05, 0) is 49.3 Å². The van der Waals surface area contributed by atoms with E-state index in [4.69, 9.17) is 16.7 Å². The summed E-state index contributed by atoms with van der Waals surface area (Å²) in [6.45, 7) is 1.43. The molecule has 3 rings (SSSR count). The third-order valence-corrected chi connectivity index (χ3v) is 5.31. The van der Waals surface area contributed by atoms with E-state index < -0.39 is 11.9 Å². The molecular weight excluding hydrogens is 302 g/mol. The lowest BCUT2D eigenvalue weighted by Crippen LogP contribution is -2.48. The molecule has 0 aromatic heterocycles. The Morgan fingerprint density at radius 1 is 1.00 bits per heavy atom. The fourth-order valence-corrected chi connectivity index (χ4v) is 3.62. The van der Waals surface area contributed by atoms with Crippen molar-refractivity contribution in [2.75, 3.05) is 13.1 Å². The number of aliphatic carboxylic acids is 1. The van der Waals surface area contributed by atoms with Gasteiger partial charge >= 0.3 is 5.97 Å². The largest absolute Gasteiger partial charge is 0.481 e. The molecule has 1 amide bonds. The first-order chi connectivity index (χ1) is 10.6. The van der Waals surface area contributed by atoms with Crippen LogP contribution >= 0.6 is 11.6 Å². The molecule has 0 bridgehead atoms. The zero-order chi connectivity index (χ0) is 15.7. The minimum absolute atomic E-state index is 0.0354. The highest BCUT2D eigenvalue weighted by Gasteiger charge is 2.43. The first-order valence-corrected chi connectivity index (χ1v) is 8.21. The zero-order valence-electron chi connectivity index (χ0n) is 12.4. The lowest BCUT2D eigenvalue weighted by Gasteiger charge is -2.39. The van der Waals surface area contributed by atoms with E-state index in [1.165, 1.54) is 5.56 Å². The van der Waals surface area contributed by atoms with E-state index in [0.717, 1.165) is 31.0 Å². The van der Waals surface area contributed by atoms with Crippen molar-refractivity contribution in [3.05, 3.63) is 34.9 Å². The molecule has 2 atom stereocenters. The second-order valence-electron chi connectivity index (χ2n) is 6.28. The minimum atomic E-state index is -0.833. The van der Waals surface area contributed by atoms with Crippen LogP contribution in [0.15, 0.2) is 24.3 Å². The maximum Gasteiger partial charge on any atom is 0.307 e. The molecular formula is C17H20ClNO3. The lowest BCUT2D eigenvalue weighted by atomic mass is 9.72. The van der Waals surface area contributed by atoms with Gasteiger partial charge in [-0.2, -0.15) is 0 Å². The molecule has 1 aromatic rings. The Kier molecular flexibility index (Phi) is 4.39. The Balaban J connectivity index is 1.56. The molecule has 1 heterocycles. The number of halogens is 1. The topological polar surface area (TPSA) is 57.6 Å². The van der Waals surface area contributed by atoms with E-state index in [1.807, 2.05) is 17.0 Å². The number of hydrogen-bond donors (Lipinski definition) is 1. The molecule has 1 aromatic carbocycles. The summed E-state index contributed by atoms with van der Waals surface area (Å²) < 4.78 is 0. The zero-order valence-corrected chi connectivity index (χ0v) is 13.1. The second-order valence-corrected chi connectivity index (χ2v) is 6.72. The molecule has 2 fully saturated rings. The molecule has 1 aliphatic heterocycles. The average Bonchev–Trinajstić information content (AvgIpc) is 2.46. The number of benzene rings is 1. The van der Waals surface area contributed by atoms with Gasteiger partial charge in [-0.1, -0.05) is 23.7 Å². The van der Waals surface area contributed by atoms with Crippen LogP contribution in [0.25, 0.3) is 0 Å². The Morgan fingerprint density at radius 2 is 1.59 bits per heavy atom. The van der Waals surface area contributed by atoms with Crippen LogP contribution in [0.5, 0.6) is 0 Å². The van der Waals surface area contributed by atoms with Crippen LogP contribution in [0.4, 0.5) is 0 Å².